The van der Waals surface area contributed by atoms with Crippen molar-refractivity contribution in [1.82, 2.24) is 15.5 Å². The van der Waals surface area contributed by atoms with Crippen molar-refractivity contribution in [3.8, 4) is 0 Å². The maximum absolute atomic E-state index is 11.5. The number of anilines is 1. The summed E-state index contributed by atoms with van der Waals surface area (Å²) in [4.78, 5) is 11.5. The Balaban J connectivity index is 2.24. The molecule has 1 rings (SSSR count). The van der Waals surface area contributed by atoms with E-state index in [1.165, 1.54) is 0 Å². The van der Waals surface area contributed by atoms with Gasteiger partial charge in [0.25, 0.3) is 0 Å². The summed E-state index contributed by atoms with van der Waals surface area (Å²) in [5.74, 6) is 0.718. The largest absolute Gasteiger partial charge is 0.368 e. The lowest BCUT2D eigenvalue weighted by molar-refractivity contribution is -0.122. The molecule has 2 N–H and O–H groups in total. The Labute approximate surface area is 95.7 Å². The van der Waals surface area contributed by atoms with Gasteiger partial charge in [0.1, 0.15) is 5.82 Å². The van der Waals surface area contributed by atoms with Crippen molar-refractivity contribution in [3.63, 3.8) is 0 Å². The number of hydrogen-bond donors (Lipinski definition) is 2. The second kappa shape index (κ2) is 5.44. The normalized spacial score (nSPS) is 10.9. The molecule has 5 heteroatoms. The molecule has 88 valence electrons. The monoisotopic (exact) mass is 222 g/mol. The van der Waals surface area contributed by atoms with E-state index < -0.39 is 0 Å². The quantitative estimate of drug-likeness (QED) is 0.803. The predicted molar refractivity (Wildman–Crippen MR) is 63.0 cm³/mol. The van der Waals surface area contributed by atoms with E-state index in [4.69, 9.17) is 0 Å². The minimum Gasteiger partial charge on any atom is -0.368 e. The van der Waals surface area contributed by atoms with Crippen molar-refractivity contribution in [2.45, 2.75) is 32.7 Å². The summed E-state index contributed by atoms with van der Waals surface area (Å²) < 4.78 is 0. The second-order valence-electron chi connectivity index (χ2n) is 4.58. The van der Waals surface area contributed by atoms with Gasteiger partial charge >= 0.3 is 0 Å². The zero-order valence-corrected chi connectivity index (χ0v) is 9.95. The van der Waals surface area contributed by atoms with Crippen molar-refractivity contribution in [1.29, 1.82) is 0 Å². The molecule has 0 saturated heterocycles. The van der Waals surface area contributed by atoms with Crippen LogP contribution in [0.3, 0.4) is 0 Å². The average molecular weight is 222 g/mol. The predicted octanol–water partition coefficient (Wildman–Crippen LogP) is 1.19. The number of amides is 1. The number of rotatable bonds is 4. The first-order valence-electron chi connectivity index (χ1n) is 5.30. The summed E-state index contributed by atoms with van der Waals surface area (Å²) in [7, 11) is 0. The molecule has 0 aromatic carbocycles. The highest BCUT2D eigenvalue weighted by molar-refractivity contribution is 5.77. The molecule has 16 heavy (non-hydrogen) atoms. The van der Waals surface area contributed by atoms with Crippen LogP contribution in [0.2, 0.25) is 0 Å². The van der Waals surface area contributed by atoms with E-state index in [9.17, 15) is 4.79 Å². The van der Waals surface area contributed by atoms with Gasteiger partial charge in [0.05, 0.1) is 0 Å². The van der Waals surface area contributed by atoms with Gasteiger partial charge in [0.2, 0.25) is 5.91 Å². The van der Waals surface area contributed by atoms with Gasteiger partial charge in [-0.3, -0.25) is 4.79 Å². The Morgan fingerprint density at radius 1 is 1.44 bits per heavy atom. The van der Waals surface area contributed by atoms with E-state index in [0.29, 0.717) is 18.8 Å². The van der Waals surface area contributed by atoms with Gasteiger partial charge in [-0.2, -0.15) is 5.10 Å². The molecule has 0 unspecified atom stereocenters. The van der Waals surface area contributed by atoms with E-state index in [0.717, 1.165) is 0 Å². The highest BCUT2D eigenvalue weighted by Gasteiger charge is 2.12. The van der Waals surface area contributed by atoms with Crippen LogP contribution in [0, 0.1) is 0 Å². The standard InChI is InChI=1S/C11H18N4O/c1-11(2,3)14-10(16)6-8-12-9-5-4-7-13-15-9/h4-5,7H,6,8H2,1-3H3,(H,12,15)(H,14,16). The lowest BCUT2D eigenvalue weighted by Crippen LogP contribution is -2.41. The van der Waals surface area contributed by atoms with E-state index >= 15 is 0 Å². The summed E-state index contributed by atoms with van der Waals surface area (Å²) in [6.45, 7) is 6.43. The number of aromatic nitrogens is 2. The van der Waals surface area contributed by atoms with Crippen LogP contribution in [0.4, 0.5) is 5.82 Å². The van der Waals surface area contributed by atoms with Crippen molar-refractivity contribution in [2.75, 3.05) is 11.9 Å². The van der Waals surface area contributed by atoms with Crippen LogP contribution in [0.25, 0.3) is 0 Å². The van der Waals surface area contributed by atoms with Crippen molar-refractivity contribution in [2.24, 2.45) is 0 Å². The van der Waals surface area contributed by atoms with Crippen LogP contribution in [-0.4, -0.2) is 28.2 Å². The van der Waals surface area contributed by atoms with E-state index in [1.54, 1.807) is 12.3 Å². The van der Waals surface area contributed by atoms with Gasteiger partial charge in [-0.1, -0.05) is 0 Å². The second-order valence-corrected chi connectivity index (χ2v) is 4.58. The van der Waals surface area contributed by atoms with E-state index in [1.807, 2.05) is 26.8 Å². The van der Waals surface area contributed by atoms with Gasteiger partial charge in [0.15, 0.2) is 0 Å². The van der Waals surface area contributed by atoms with E-state index in [2.05, 4.69) is 20.8 Å². The molecule has 0 fully saturated rings. The lowest BCUT2D eigenvalue weighted by atomic mass is 10.1. The molecule has 0 saturated carbocycles. The molecule has 1 heterocycles. The lowest BCUT2D eigenvalue weighted by Gasteiger charge is -2.20. The third kappa shape index (κ3) is 5.29. The van der Waals surface area contributed by atoms with Crippen LogP contribution >= 0.6 is 0 Å². The summed E-state index contributed by atoms with van der Waals surface area (Å²) in [5.41, 5.74) is -0.177. The Morgan fingerprint density at radius 3 is 2.75 bits per heavy atom. The van der Waals surface area contributed by atoms with Gasteiger partial charge < -0.3 is 10.6 Å². The summed E-state index contributed by atoms with van der Waals surface area (Å²) in [6.07, 6.45) is 2.03. The molecular weight excluding hydrogens is 204 g/mol. The Bertz CT molecular complexity index is 332. The van der Waals surface area contributed by atoms with Crippen molar-refractivity contribution < 1.29 is 4.79 Å². The maximum atomic E-state index is 11.5. The number of carbonyl (C=O) groups is 1. The first-order valence-corrected chi connectivity index (χ1v) is 5.30. The molecule has 0 aliphatic carbocycles. The van der Waals surface area contributed by atoms with E-state index in [-0.39, 0.29) is 11.4 Å². The first kappa shape index (κ1) is 12.4. The fourth-order valence-electron chi connectivity index (χ4n) is 1.18. The molecule has 1 aromatic heterocycles. The number of hydrogen-bond acceptors (Lipinski definition) is 4. The molecule has 1 aromatic rings. The fraction of sp³-hybridized carbons (Fsp3) is 0.545. The first-order chi connectivity index (χ1) is 7.47. The highest BCUT2D eigenvalue weighted by atomic mass is 16.1. The molecule has 0 radical (unpaired) electrons. The van der Waals surface area contributed by atoms with Gasteiger partial charge in [0, 0.05) is 24.7 Å². The summed E-state index contributed by atoms with van der Waals surface area (Å²) >= 11 is 0. The third-order valence-electron chi connectivity index (χ3n) is 1.74. The zero-order chi connectivity index (χ0) is 12.0. The Kier molecular flexibility index (Phi) is 4.22. The Hall–Kier alpha value is -1.65. The molecule has 0 aliphatic rings. The molecular formula is C11H18N4O. The van der Waals surface area contributed by atoms with Gasteiger partial charge in [-0.25, -0.2) is 0 Å². The molecule has 0 atom stereocenters. The molecule has 0 aliphatic heterocycles. The average Bonchev–Trinajstić information content (AvgIpc) is 2.16. The smallest absolute Gasteiger partial charge is 0.222 e. The summed E-state index contributed by atoms with van der Waals surface area (Å²) in [5, 5.41) is 13.5. The number of nitrogens with zero attached hydrogens (tertiary/aromatic N) is 2. The molecule has 1 amide bonds. The zero-order valence-electron chi connectivity index (χ0n) is 9.95. The number of carbonyl (C=O) groups excluding carboxylic acids is 1. The maximum Gasteiger partial charge on any atom is 0.222 e. The fourth-order valence-corrected chi connectivity index (χ4v) is 1.18. The molecule has 0 bridgehead atoms. The SMILES string of the molecule is CC(C)(C)NC(=O)CCNc1cccnn1. The van der Waals surface area contributed by atoms with Gasteiger partial charge in [-0.05, 0) is 32.9 Å². The van der Waals surface area contributed by atoms with Gasteiger partial charge in [-0.15, -0.1) is 5.10 Å². The Morgan fingerprint density at radius 2 is 2.19 bits per heavy atom. The topological polar surface area (TPSA) is 66.9 Å². The van der Waals surface area contributed by atoms with Crippen LogP contribution in [0.1, 0.15) is 27.2 Å². The summed E-state index contributed by atoms with van der Waals surface area (Å²) in [6, 6.07) is 3.61. The van der Waals surface area contributed by atoms with Crippen molar-refractivity contribution in [3.05, 3.63) is 18.3 Å². The van der Waals surface area contributed by atoms with Crippen LogP contribution < -0.4 is 10.6 Å². The van der Waals surface area contributed by atoms with Crippen molar-refractivity contribution >= 4 is 11.7 Å². The highest BCUT2D eigenvalue weighted by Crippen LogP contribution is 2.00. The minimum absolute atomic E-state index is 0.0314. The van der Waals surface area contributed by atoms with Crippen LogP contribution in [-0.2, 0) is 4.79 Å². The number of nitrogens with one attached hydrogen (secondary N) is 2. The molecule has 0 spiro atoms. The molecule has 5 nitrogen and oxygen atoms in total. The minimum atomic E-state index is -0.177. The third-order valence-corrected chi connectivity index (χ3v) is 1.74. The van der Waals surface area contributed by atoms with Crippen LogP contribution in [0.15, 0.2) is 18.3 Å². The van der Waals surface area contributed by atoms with Crippen LogP contribution in [0.5, 0.6) is 0 Å².